The predicted molar refractivity (Wildman–Crippen MR) is 78.7 cm³/mol. The van der Waals surface area contributed by atoms with Crippen LogP contribution in [0.4, 0.5) is 0 Å². The second-order valence-electron chi connectivity index (χ2n) is 5.92. The van der Waals surface area contributed by atoms with Crippen LogP contribution >= 0.6 is 0 Å². The summed E-state index contributed by atoms with van der Waals surface area (Å²) in [5.41, 5.74) is 0. The second kappa shape index (κ2) is 6.85. The van der Waals surface area contributed by atoms with Gasteiger partial charge in [-0.1, -0.05) is 24.4 Å². The molecule has 1 fully saturated rings. The predicted octanol–water partition coefficient (Wildman–Crippen LogP) is 2.49. The molecule has 114 valence electrons. The van der Waals surface area contributed by atoms with Gasteiger partial charge in [0.15, 0.2) is 5.82 Å². The Bertz CT molecular complexity index is 530. The van der Waals surface area contributed by atoms with Crippen LogP contribution in [0.3, 0.4) is 0 Å². The van der Waals surface area contributed by atoms with E-state index in [4.69, 9.17) is 4.52 Å². The average Bonchev–Trinajstić information content (AvgIpc) is 3.17. The molecule has 0 saturated heterocycles. The molecule has 6 heteroatoms. The number of nitrogens with zero attached hydrogens (tertiary/aromatic N) is 4. The normalized spacial score (nSPS) is 18.0. The van der Waals surface area contributed by atoms with Gasteiger partial charge in [-0.05, 0) is 19.8 Å². The van der Waals surface area contributed by atoms with Gasteiger partial charge in [-0.3, -0.25) is 0 Å². The topological polar surface area (TPSA) is 68.8 Å². The molecule has 0 amide bonds. The number of nitrogens with one attached hydrogen (secondary N) is 1. The maximum Gasteiger partial charge on any atom is 0.240 e. The van der Waals surface area contributed by atoms with Gasteiger partial charge in [0.25, 0.3) is 0 Å². The lowest BCUT2D eigenvalue weighted by Gasteiger charge is -2.17. The van der Waals surface area contributed by atoms with Crippen molar-refractivity contribution in [3.8, 4) is 0 Å². The van der Waals surface area contributed by atoms with E-state index in [2.05, 4.69) is 31.9 Å². The lowest BCUT2D eigenvalue weighted by molar-refractivity contribution is 0.341. The molecule has 1 N–H and O–H groups in total. The summed E-state index contributed by atoms with van der Waals surface area (Å²) in [5, 5.41) is 7.56. The molecule has 6 nitrogen and oxygen atoms in total. The standard InChI is InChI=1S/C15H23N5O/c1-12(10-20-8-7-16-11-20)17-9-14-18-15(19-21-14)13-5-3-2-4-6-13/h7-8,11-13,17H,2-6,9-10H2,1H3. The Kier molecular flexibility index (Phi) is 4.65. The Balaban J connectivity index is 1.48. The number of aromatic nitrogens is 4. The summed E-state index contributed by atoms with van der Waals surface area (Å²) in [4.78, 5) is 8.59. The van der Waals surface area contributed by atoms with Gasteiger partial charge in [0, 0.05) is 30.9 Å². The highest BCUT2D eigenvalue weighted by Crippen LogP contribution is 2.30. The zero-order valence-electron chi connectivity index (χ0n) is 12.5. The fourth-order valence-corrected chi connectivity index (χ4v) is 2.90. The monoisotopic (exact) mass is 289 g/mol. The molecule has 2 aromatic heterocycles. The van der Waals surface area contributed by atoms with Crippen LogP contribution in [0, 0.1) is 0 Å². The van der Waals surface area contributed by atoms with E-state index in [0.29, 0.717) is 24.4 Å². The van der Waals surface area contributed by atoms with Crippen LogP contribution in [0.25, 0.3) is 0 Å². The molecular formula is C15H23N5O. The first-order valence-corrected chi connectivity index (χ1v) is 7.83. The molecule has 21 heavy (non-hydrogen) atoms. The van der Waals surface area contributed by atoms with Crippen molar-refractivity contribution < 1.29 is 4.52 Å². The summed E-state index contributed by atoms with van der Waals surface area (Å²) in [6.07, 6.45) is 11.9. The van der Waals surface area contributed by atoms with Crippen molar-refractivity contribution in [3.63, 3.8) is 0 Å². The minimum Gasteiger partial charge on any atom is -0.338 e. The molecule has 1 unspecified atom stereocenters. The van der Waals surface area contributed by atoms with Gasteiger partial charge in [0.05, 0.1) is 12.9 Å². The summed E-state index contributed by atoms with van der Waals surface area (Å²) in [7, 11) is 0. The molecule has 1 aliphatic rings. The lowest BCUT2D eigenvalue weighted by Crippen LogP contribution is -2.29. The molecule has 0 aliphatic heterocycles. The Morgan fingerprint density at radius 1 is 1.38 bits per heavy atom. The van der Waals surface area contributed by atoms with Crippen molar-refractivity contribution in [2.75, 3.05) is 0 Å². The van der Waals surface area contributed by atoms with E-state index < -0.39 is 0 Å². The van der Waals surface area contributed by atoms with Gasteiger partial charge in [-0.25, -0.2) is 4.98 Å². The van der Waals surface area contributed by atoms with E-state index in [1.807, 2.05) is 12.5 Å². The molecule has 0 spiro atoms. The summed E-state index contributed by atoms with van der Waals surface area (Å²) in [6.45, 7) is 3.64. The molecule has 2 aromatic rings. The number of rotatable bonds is 6. The minimum absolute atomic E-state index is 0.323. The lowest BCUT2D eigenvalue weighted by atomic mass is 9.89. The molecule has 1 atom stereocenters. The highest BCUT2D eigenvalue weighted by atomic mass is 16.5. The van der Waals surface area contributed by atoms with Crippen molar-refractivity contribution in [1.82, 2.24) is 25.0 Å². The van der Waals surface area contributed by atoms with Gasteiger partial charge >= 0.3 is 0 Å². The Labute approximate surface area is 125 Å². The first-order valence-electron chi connectivity index (χ1n) is 7.83. The molecule has 0 radical (unpaired) electrons. The third-order valence-corrected chi connectivity index (χ3v) is 4.10. The summed E-state index contributed by atoms with van der Waals surface area (Å²) < 4.78 is 7.42. The van der Waals surface area contributed by atoms with Crippen LogP contribution in [0.2, 0.25) is 0 Å². The smallest absolute Gasteiger partial charge is 0.240 e. The SMILES string of the molecule is CC(Cn1ccnc1)NCc1nc(C2CCCCC2)no1. The van der Waals surface area contributed by atoms with E-state index >= 15 is 0 Å². The number of hydrogen-bond donors (Lipinski definition) is 1. The summed E-state index contributed by atoms with van der Waals surface area (Å²) in [5.74, 6) is 2.08. The minimum atomic E-state index is 0.323. The van der Waals surface area contributed by atoms with Crippen molar-refractivity contribution >= 4 is 0 Å². The number of hydrogen-bond acceptors (Lipinski definition) is 5. The fraction of sp³-hybridized carbons (Fsp3) is 0.667. The van der Waals surface area contributed by atoms with Crippen LogP contribution in [0.5, 0.6) is 0 Å². The quantitative estimate of drug-likeness (QED) is 0.885. The maximum absolute atomic E-state index is 5.36. The van der Waals surface area contributed by atoms with E-state index in [-0.39, 0.29) is 0 Å². The fourth-order valence-electron chi connectivity index (χ4n) is 2.90. The van der Waals surface area contributed by atoms with Gasteiger partial charge in [0.1, 0.15) is 0 Å². The van der Waals surface area contributed by atoms with Gasteiger partial charge in [0.2, 0.25) is 5.89 Å². The van der Waals surface area contributed by atoms with Crippen LogP contribution < -0.4 is 5.32 Å². The molecule has 0 aromatic carbocycles. The second-order valence-corrected chi connectivity index (χ2v) is 5.92. The number of imidazole rings is 1. The maximum atomic E-state index is 5.36. The van der Waals surface area contributed by atoms with E-state index in [1.165, 1.54) is 32.1 Å². The third-order valence-electron chi connectivity index (χ3n) is 4.10. The molecule has 3 rings (SSSR count). The molecule has 1 aliphatic carbocycles. The van der Waals surface area contributed by atoms with Crippen LogP contribution in [0.1, 0.15) is 56.7 Å². The van der Waals surface area contributed by atoms with Crippen LogP contribution in [-0.4, -0.2) is 25.7 Å². The first kappa shape index (κ1) is 14.3. The van der Waals surface area contributed by atoms with Gasteiger partial charge in [-0.2, -0.15) is 4.98 Å². The first-order chi connectivity index (χ1) is 10.3. The Morgan fingerprint density at radius 2 is 2.24 bits per heavy atom. The summed E-state index contributed by atoms with van der Waals surface area (Å²) >= 11 is 0. The van der Waals surface area contributed by atoms with Gasteiger partial charge < -0.3 is 14.4 Å². The third kappa shape index (κ3) is 3.91. The zero-order valence-corrected chi connectivity index (χ0v) is 12.5. The zero-order chi connectivity index (χ0) is 14.5. The van der Waals surface area contributed by atoms with Crippen LogP contribution in [-0.2, 0) is 13.1 Å². The largest absolute Gasteiger partial charge is 0.338 e. The molecule has 2 heterocycles. The molecular weight excluding hydrogens is 266 g/mol. The Hall–Kier alpha value is -1.69. The van der Waals surface area contributed by atoms with Crippen molar-refractivity contribution in [2.45, 2.75) is 64.1 Å². The molecule has 0 bridgehead atoms. The van der Waals surface area contributed by atoms with Crippen molar-refractivity contribution in [1.29, 1.82) is 0 Å². The van der Waals surface area contributed by atoms with Crippen molar-refractivity contribution in [2.24, 2.45) is 0 Å². The van der Waals surface area contributed by atoms with Gasteiger partial charge in [-0.15, -0.1) is 0 Å². The van der Waals surface area contributed by atoms with E-state index in [1.54, 1.807) is 6.20 Å². The van der Waals surface area contributed by atoms with E-state index in [0.717, 1.165) is 12.4 Å². The average molecular weight is 289 g/mol. The van der Waals surface area contributed by atoms with E-state index in [9.17, 15) is 0 Å². The van der Waals surface area contributed by atoms with Crippen molar-refractivity contribution in [3.05, 3.63) is 30.4 Å². The Morgan fingerprint density at radius 3 is 3.00 bits per heavy atom. The van der Waals surface area contributed by atoms with Crippen LogP contribution in [0.15, 0.2) is 23.2 Å². The highest BCUT2D eigenvalue weighted by molar-refractivity contribution is 4.96. The highest BCUT2D eigenvalue weighted by Gasteiger charge is 2.20. The molecule has 1 saturated carbocycles. The summed E-state index contributed by atoms with van der Waals surface area (Å²) in [6, 6.07) is 0.323.